The Morgan fingerprint density at radius 2 is 1.64 bits per heavy atom. The zero-order valence-electron chi connectivity index (χ0n) is 30.9. The van der Waals surface area contributed by atoms with Crippen molar-refractivity contribution in [1.29, 1.82) is 0 Å². The van der Waals surface area contributed by atoms with Crippen molar-refractivity contribution in [3.8, 4) is 22.4 Å². The third kappa shape index (κ3) is 8.35. The van der Waals surface area contributed by atoms with Gasteiger partial charge in [-0.1, -0.05) is 54.1 Å². The van der Waals surface area contributed by atoms with E-state index in [0.29, 0.717) is 45.4 Å². The standard InChI is InChI=1S/C42H41ClN6O5S2/c1-3-48-28(2)39(42(50)51)40(41(48)29-12-14-31(43)15-13-29)30-8-7-9-34(26-30)47-24-22-46(23-25-47)33-18-16-32(17-19-33)45-56(54)36-20-21-37(38(27-36)49(52)53)44-55-35-10-5-4-6-11-35/h4-16,18,20-21,26-27,44-45H,3,17,19,22-25H2,1-2H3,(H,50,51). The van der Waals surface area contributed by atoms with Gasteiger partial charge in [-0.2, -0.15) is 0 Å². The number of allylic oxidation sites excluding steroid dienone is 4. The lowest BCUT2D eigenvalue weighted by Crippen LogP contribution is -2.46. The second-order valence-corrected chi connectivity index (χ2v) is 16.0. The molecule has 1 aliphatic heterocycles. The van der Waals surface area contributed by atoms with E-state index < -0.39 is 21.9 Å². The number of nitrogens with zero attached hydrogens (tertiary/aromatic N) is 4. The van der Waals surface area contributed by atoms with E-state index in [2.05, 4.69) is 42.0 Å². The molecule has 2 heterocycles. The van der Waals surface area contributed by atoms with E-state index in [-0.39, 0.29) is 5.69 Å². The summed E-state index contributed by atoms with van der Waals surface area (Å²) in [5.74, 6) is -0.956. The van der Waals surface area contributed by atoms with Crippen LogP contribution in [0.15, 0.2) is 130 Å². The third-order valence-electron chi connectivity index (χ3n) is 10.1. The molecule has 2 aliphatic rings. The number of piperazine rings is 1. The van der Waals surface area contributed by atoms with Gasteiger partial charge in [0.25, 0.3) is 5.69 Å². The van der Waals surface area contributed by atoms with Gasteiger partial charge in [-0.05, 0) is 110 Å². The molecular formula is C42H41ClN6O5S2. The van der Waals surface area contributed by atoms with Gasteiger partial charge in [-0.3, -0.25) is 10.1 Å². The van der Waals surface area contributed by atoms with Crippen molar-refractivity contribution in [2.45, 2.75) is 43.0 Å². The summed E-state index contributed by atoms with van der Waals surface area (Å²) in [7, 11) is -1.68. The number of hydrogen-bond donors (Lipinski definition) is 3. The number of carboxylic acids is 1. The lowest BCUT2D eigenvalue weighted by atomic mass is 9.96. The summed E-state index contributed by atoms with van der Waals surface area (Å²) < 4.78 is 21.4. The Morgan fingerprint density at radius 1 is 0.911 bits per heavy atom. The fourth-order valence-corrected chi connectivity index (χ4v) is 9.07. The van der Waals surface area contributed by atoms with Crippen molar-refractivity contribution in [3.63, 3.8) is 0 Å². The first kappa shape index (κ1) is 38.8. The summed E-state index contributed by atoms with van der Waals surface area (Å²) in [6, 6.07) is 29.8. The SMILES string of the molecule is CCn1c(C)c(C(=O)O)c(-c2cccc(N3CCN(C4=CC=C(NS(=O)c5ccc(NSc6ccccc6)c([N+](=O)[O-])c5)CC4)CC3)c2)c1-c1ccc(Cl)cc1. The van der Waals surface area contributed by atoms with Crippen LogP contribution in [0, 0.1) is 17.0 Å². The van der Waals surface area contributed by atoms with Crippen molar-refractivity contribution < 1.29 is 19.0 Å². The van der Waals surface area contributed by atoms with Crippen molar-refractivity contribution in [3.05, 3.63) is 147 Å². The molecule has 5 aromatic rings. The summed E-state index contributed by atoms with van der Waals surface area (Å²) in [5.41, 5.74) is 7.56. The number of carboxylic acid groups (broad SMARTS) is 1. The highest BCUT2D eigenvalue weighted by atomic mass is 35.5. The molecule has 4 aromatic carbocycles. The third-order valence-corrected chi connectivity index (χ3v) is 12.3. The van der Waals surface area contributed by atoms with Gasteiger partial charge in [0, 0.05) is 77.0 Å². The first-order chi connectivity index (χ1) is 27.1. The Labute approximate surface area is 337 Å². The van der Waals surface area contributed by atoms with Gasteiger partial charge in [-0.25, -0.2) is 9.00 Å². The predicted molar refractivity (Wildman–Crippen MR) is 225 cm³/mol. The highest BCUT2D eigenvalue weighted by molar-refractivity contribution is 8.00. The number of carbonyl (C=O) groups is 1. The van der Waals surface area contributed by atoms with Crippen molar-refractivity contribution in [2.75, 3.05) is 35.8 Å². The summed E-state index contributed by atoms with van der Waals surface area (Å²) in [6.45, 7) is 7.71. The van der Waals surface area contributed by atoms with Crippen LogP contribution in [0.3, 0.4) is 0 Å². The molecule has 1 saturated heterocycles. The van der Waals surface area contributed by atoms with Crippen molar-refractivity contribution >= 4 is 57.6 Å². The Balaban J connectivity index is 1.01. The number of nitro benzene ring substituents is 1. The van der Waals surface area contributed by atoms with E-state index in [0.717, 1.165) is 65.7 Å². The number of anilines is 2. The minimum atomic E-state index is -1.68. The van der Waals surface area contributed by atoms with E-state index in [1.165, 1.54) is 23.7 Å². The van der Waals surface area contributed by atoms with Crippen LogP contribution in [0.5, 0.6) is 0 Å². The fourth-order valence-electron chi connectivity index (χ4n) is 7.31. The molecule has 0 saturated carbocycles. The minimum absolute atomic E-state index is 0.148. The molecule has 56 heavy (non-hydrogen) atoms. The summed E-state index contributed by atoms with van der Waals surface area (Å²) in [4.78, 5) is 30.0. The van der Waals surface area contributed by atoms with Crippen LogP contribution in [-0.2, 0) is 17.5 Å². The summed E-state index contributed by atoms with van der Waals surface area (Å²) in [5, 5.41) is 22.9. The van der Waals surface area contributed by atoms with Gasteiger partial charge in [0.1, 0.15) is 16.7 Å². The molecule has 1 unspecified atom stereocenters. The molecule has 11 nitrogen and oxygen atoms in total. The van der Waals surface area contributed by atoms with Gasteiger partial charge < -0.3 is 28.9 Å². The number of halogens is 1. The average Bonchev–Trinajstić information content (AvgIpc) is 3.53. The molecule has 288 valence electrons. The molecule has 1 fully saturated rings. The Kier molecular flexibility index (Phi) is 11.8. The molecular weight excluding hydrogens is 768 g/mol. The van der Waals surface area contributed by atoms with Crippen molar-refractivity contribution in [1.82, 2.24) is 14.2 Å². The number of nitro groups is 1. The highest BCUT2D eigenvalue weighted by Crippen LogP contribution is 2.41. The lowest BCUT2D eigenvalue weighted by molar-refractivity contribution is -0.384. The number of hydrogen-bond acceptors (Lipinski definition) is 8. The van der Waals surface area contributed by atoms with E-state index in [4.69, 9.17) is 11.6 Å². The topological polar surface area (TPSA) is 133 Å². The van der Waals surface area contributed by atoms with E-state index >= 15 is 0 Å². The van der Waals surface area contributed by atoms with Gasteiger partial charge in [-0.15, -0.1) is 0 Å². The van der Waals surface area contributed by atoms with Crippen LogP contribution in [0.25, 0.3) is 22.4 Å². The van der Waals surface area contributed by atoms with Crippen molar-refractivity contribution in [2.24, 2.45) is 0 Å². The predicted octanol–water partition coefficient (Wildman–Crippen LogP) is 9.53. The number of rotatable bonds is 13. The molecule has 1 aromatic heterocycles. The summed E-state index contributed by atoms with van der Waals surface area (Å²) >= 11 is 7.49. The number of benzene rings is 4. The van der Waals surface area contributed by atoms with Crippen LogP contribution >= 0.6 is 23.5 Å². The number of aromatic nitrogens is 1. The van der Waals surface area contributed by atoms with E-state index in [1.807, 2.05) is 86.7 Å². The maximum atomic E-state index is 13.3. The second-order valence-electron chi connectivity index (χ2n) is 13.4. The maximum absolute atomic E-state index is 13.3. The van der Waals surface area contributed by atoms with Crippen LogP contribution in [-0.4, -0.2) is 55.9 Å². The molecule has 0 amide bonds. The normalized spacial score (nSPS) is 14.8. The van der Waals surface area contributed by atoms with Crippen LogP contribution in [0.1, 0.15) is 35.8 Å². The van der Waals surface area contributed by atoms with E-state index in [1.54, 1.807) is 12.1 Å². The zero-order chi connectivity index (χ0) is 39.3. The second kappa shape index (κ2) is 17.1. The monoisotopic (exact) mass is 808 g/mol. The molecule has 1 aliphatic carbocycles. The molecule has 0 bridgehead atoms. The van der Waals surface area contributed by atoms with Gasteiger partial charge in [0.05, 0.1) is 21.1 Å². The average molecular weight is 809 g/mol. The molecule has 7 rings (SSSR count). The Bertz CT molecular complexity index is 2360. The molecule has 1 atom stereocenters. The maximum Gasteiger partial charge on any atom is 0.338 e. The highest BCUT2D eigenvalue weighted by Gasteiger charge is 2.28. The fraction of sp³-hybridized carbons (Fsp3) is 0.214. The first-order valence-corrected chi connectivity index (χ1v) is 20.6. The number of nitrogens with one attached hydrogen (secondary N) is 2. The molecule has 0 spiro atoms. The van der Waals surface area contributed by atoms with Gasteiger partial charge in [0.15, 0.2) is 0 Å². The Morgan fingerprint density at radius 3 is 2.30 bits per heavy atom. The van der Waals surface area contributed by atoms with Crippen LogP contribution in [0.4, 0.5) is 17.1 Å². The van der Waals surface area contributed by atoms with E-state index in [9.17, 15) is 24.2 Å². The first-order valence-electron chi connectivity index (χ1n) is 18.3. The van der Waals surface area contributed by atoms with Gasteiger partial charge in [0.2, 0.25) is 0 Å². The lowest BCUT2D eigenvalue weighted by Gasteiger charge is -2.39. The smallest absolute Gasteiger partial charge is 0.338 e. The quantitative estimate of drug-likeness (QED) is 0.0605. The summed E-state index contributed by atoms with van der Waals surface area (Å²) in [6.07, 6.45) is 5.43. The molecule has 0 radical (unpaired) electrons. The molecule has 3 N–H and O–H groups in total. The largest absolute Gasteiger partial charge is 0.478 e. The molecule has 14 heteroatoms. The minimum Gasteiger partial charge on any atom is -0.478 e. The van der Waals surface area contributed by atoms with Crippen LogP contribution < -0.4 is 14.3 Å². The van der Waals surface area contributed by atoms with Gasteiger partial charge >= 0.3 is 5.97 Å². The zero-order valence-corrected chi connectivity index (χ0v) is 33.3. The Hall–Kier alpha value is -5.50. The van der Waals surface area contributed by atoms with Crippen LogP contribution in [0.2, 0.25) is 5.02 Å². The number of aromatic carboxylic acids is 1.